The van der Waals surface area contributed by atoms with E-state index >= 15 is 0 Å². The maximum Gasteiger partial charge on any atom is 0.280 e. The van der Waals surface area contributed by atoms with Gasteiger partial charge in [0.1, 0.15) is 18.0 Å². The molecule has 1 N–H and O–H groups in total. The minimum atomic E-state index is -1.34. The molecule has 0 bridgehead atoms. The van der Waals surface area contributed by atoms with Gasteiger partial charge in [-0.1, -0.05) is 12.1 Å². The Morgan fingerprint density at radius 3 is 2.54 bits per heavy atom. The molecule has 1 aromatic carbocycles. The summed E-state index contributed by atoms with van der Waals surface area (Å²) in [4.78, 5) is 0. The van der Waals surface area contributed by atoms with Crippen LogP contribution < -0.4 is 9.61 Å². The molecule has 0 aliphatic carbocycles. The highest BCUT2D eigenvalue weighted by Crippen LogP contribution is 2.64. The molecule has 0 amide bonds. The van der Waals surface area contributed by atoms with Gasteiger partial charge in [-0.25, -0.2) is 5.09 Å². The van der Waals surface area contributed by atoms with Crippen LogP contribution in [-0.2, 0) is 0 Å². The predicted molar refractivity (Wildman–Crippen MR) is 58.7 cm³/mol. The summed E-state index contributed by atoms with van der Waals surface area (Å²) in [5, 5.41) is 3.54. The third-order valence-electron chi connectivity index (χ3n) is 2.51. The molecule has 2 rings (SSSR count). The van der Waals surface area contributed by atoms with E-state index < -0.39 is 7.64 Å². The number of hydrogen-bond acceptors (Lipinski definition) is 2. The molecule has 0 spiro atoms. The Kier molecular flexibility index (Phi) is 2.17. The summed E-state index contributed by atoms with van der Waals surface area (Å²) in [6, 6.07) is 8.18. The Morgan fingerprint density at radius 1 is 1.23 bits per heavy atom. The fraction of sp³-hybridized carbons (Fsp3) is 0.400. The molecule has 0 atom stereocenters. The van der Waals surface area contributed by atoms with E-state index in [0.29, 0.717) is 0 Å². The molecule has 13 heavy (non-hydrogen) atoms. The first kappa shape index (κ1) is 8.83. The normalized spacial score (nSPS) is 17.4. The van der Waals surface area contributed by atoms with E-state index in [1.807, 2.05) is 18.2 Å². The fourth-order valence-electron chi connectivity index (χ4n) is 1.58. The van der Waals surface area contributed by atoms with Crippen molar-refractivity contribution in [1.82, 2.24) is 0 Å². The molecule has 3 heteroatoms. The van der Waals surface area contributed by atoms with Crippen molar-refractivity contribution in [2.75, 3.05) is 17.4 Å². The first-order chi connectivity index (χ1) is 6.29. The molecule has 1 aliphatic heterocycles. The molecule has 0 saturated heterocycles. The number of fused-ring (bicyclic) bond motifs is 1. The van der Waals surface area contributed by atoms with Crippen LogP contribution in [0.4, 0.5) is 5.69 Å². The standard InChI is InChI=1S/C10H15NOP/c1-3-13(4-2)11-9-7-5-6-8-10(9)12-13/h5-8,11H,3-4H2,1-2H3/q+1. The van der Waals surface area contributed by atoms with Crippen molar-refractivity contribution in [3.05, 3.63) is 24.3 Å². The molecule has 1 aromatic rings. The fourth-order valence-corrected chi connectivity index (χ4v) is 3.81. The Labute approximate surface area is 79.8 Å². The molecule has 2 nitrogen and oxygen atoms in total. The lowest BCUT2D eigenvalue weighted by molar-refractivity contribution is 0.616. The maximum absolute atomic E-state index is 5.99. The van der Waals surface area contributed by atoms with E-state index in [9.17, 15) is 0 Å². The van der Waals surface area contributed by atoms with Crippen LogP contribution in [0.2, 0.25) is 0 Å². The van der Waals surface area contributed by atoms with Crippen LogP contribution in [0.3, 0.4) is 0 Å². The van der Waals surface area contributed by atoms with Crippen LogP contribution >= 0.6 is 7.64 Å². The van der Waals surface area contributed by atoms with Gasteiger partial charge in [0, 0.05) is 0 Å². The van der Waals surface area contributed by atoms with Crippen LogP contribution in [0, 0.1) is 0 Å². The average Bonchev–Trinajstić information content (AvgIpc) is 2.57. The minimum Gasteiger partial charge on any atom is -0.325 e. The summed E-state index contributed by atoms with van der Waals surface area (Å²) in [7, 11) is -1.34. The Balaban J connectivity index is 2.30. The van der Waals surface area contributed by atoms with Crippen molar-refractivity contribution in [1.29, 1.82) is 0 Å². The van der Waals surface area contributed by atoms with Crippen LogP contribution in [0.15, 0.2) is 24.3 Å². The summed E-state index contributed by atoms with van der Waals surface area (Å²) in [6.07, 6.45) is 2.19. The van der Waals surface area contributed by atoms with Gasteiger partial charge in [-0.05, 0) is 26.0 Å². The largest absolute Gasteiger partial charge is 0.325 e. The number of hydrogen-bond donors (Lipinski definition) is 1. The van der Waals surface area contributed by atoms with Gasteiger partial charge in [0.15, 0.2) is 0 Å². The second kappa shape index (κ2) is 3.19. The van der Waals surface area contributed by atoms with Gasteiger partial charge in [-0.2, -0.15) is 0 Å². The molecular weight excluding hydrogens is 181 g/mol. The minimum absolute atomic E-state index is 1.03. The van der Waals surface area contributed by atoms with Gasteiger partial charge in [0.05, 0.1) is 0 Å². The van der Waals surface area contributed by atoms with Crippen molar-refractivity contribution in [2.24, 2.45) is 0 Å². The summed E-state index contributed by atoms with van der Waals surface area (Å²) < 4.78 is 5.99. The van der Waals surface area contributed by atoms with Gasteiger partial charge < -0.3 is 4.52 Å². The highest BCUT2D eigenvalue weighted by Gasteiger charge is 2.44. The van der Waals surface area contributed by atoms with Crippen LogP contribution in [0.25, 0.3) is 0 Å². The van der Waals surface area contributed by atoms with Crippen LogP contribution in [-0.4, -0.2) is 12.3 Å². The molecular formula is C10H15NOP+. The molecule has 70 valence electrons. The molecule has 1 heterocycles. The zero-order valence-corrected chi connectivity index (χ0v) is 8.97. The first-order valence-corrected chi connectivity index (χ1v) is 6.81. The summed E-state index contributed by atoms with van der Waals surface area (Å²) >= 11 is 0. The smallest absolute Gasteiger partial charge is 0.280 e. The number of nitrogens with one attached hydrogen (secondary N) is 1. The van der Waals surface area contributed by atoms with E-state index in [0.717, 1.165) is 18.1 Å². The quantitative estimate of drug-likeness (QED) is 0.732. The Hall–Kier alpha value is -0.750. The van der Waals surface area contributed by atoms with Gasteiger partial charge in [0.25, 0.3) is 7.64 Å². The SMILES string of the molecule is CC[P+]1(CC)Nc2ccccc2O1. The average molecular weight is 196 g/mol. The number of benzene rings is 1. The predicted octanol–water partition coefficient (Wildman–Crippen LogP) is 3.38. The van der Waals surface area contributed by atoms with E-state index in [2.05, 4.69) is 25.0 Å². The van der Waals surface area contributed by atoms with E-state index in [4.69, 9.17) is 4.52 Å². The maximum atomic E-state index is 5.99. The van der Waals surface area contributed by atoms with Crippen molar-refractivity contribution in [3.8, 4) is 5.75 Å². The second-order valence-electron chi connectivity index (χ2n) is 3.22. The van der Waals surface area contributed by atoms with Gasteiger partial charge in [-0.3, -0.25) is 0 Å². The van der Waals surface area contributed by atoms with Crippen molar-refractivity contribution in [3.63, 3.8) is 0 Å². The topological polar surface area (TPSA) is 21.3 Å². The third kappa shape index (κ3) is 1.40. The summed E-state index contributed by atoms with van der Waals surface area (Å²) in [5.74, 6) is 1.03. The number of anilines is 1. The molecule has 1 aliphatic rings. The van der Waals surface area contributed by atoms with E-state index in [-0.39, 0.29) is 0 Å². The Morgan fingerprint density at radius 2 is 1.92 bits per heavy atom. The van der Waals surface area contributed by atoms with Crippen molar-refractivity contribution < 1.29 is 4.52 Å². The number of para-hydroxylation sites is 2. The highest BCUT2D eigenvalue weighted by molar-refractivity contribution is 7.73. The van der Waals surface area contributed by atoms with Crippen LogP contribution in [0.1, 0.15) is 13.8 Å². The Bertz CT molecular complexity index is 283. The van der Waals surface area contributed by atoms with E-state index in [1.165, 1.54) is 5.69 Å². The molecule has 0 aromatic heterocycles. The molecule has 0 unspecified atom stereocenters. The molecule has 0 saturated carbocycles. The first-order valence-electron chi connectivity index (χ1n) is 4.73. The second-order valence-corrected chi connectivity index (χ2v) is 6.67. The van der Waals surface area contributed by atoms with Gasteiger partial charge >= 0.3 is 0 Å². The van der Waals surface area contributed by atoms with Gasteiger partial charge in [-0.15, -0.1) is 0 Å². The summed E-state index contributed by atoms with van der Waals surface area (Å²) in [5.41, 5.74) is 1.17. The zero-order valence-electron chi connectivity index (χ0n) is 8.08. The number of rotatable bonds is 2. The molecule has 0 radical (unpaired) electrons. The zero-order chi connectivity index (χ0) is 9.31. The monoisotopic (exact) mass is 196 g/mol. The lowest BCUT2D eigenvalue weighted by atomic mass is 10.3. The summed E-state index contributed by atoms with van der Waals surface area (Å²) in [6.45, 7) is 4.38. The van der Waals surface area contributed by atoms with Crippen molar-refractivity contribution >= 4 is 13.3 Å². The lowest BCUT2D eigenvalue weighted by Gasteiger charge is -2.15. The highest BCUT2D eigenvalue weighted by atomic mass is 31.2. The third-order valence-corrected chi connectivity index (χ3v) is 5.74. The van der Waals surface area contributed by atoms with Crippen LogP contribution in [0.5, 0.6) is 5.75 Å². The van der Waals surface area contributed by atoms with Gasteiger partial charge in [0.2, 0.25) is 5.75 Å². The van der Waals surface area contributed by atoms with E-state index in [1.54, 1.807) is 0 Å². The molecule has 0 fully saturated rings. The van der Waals surface area contributed by atoms with Crippen molar-refractivity contribution in [2.45, 2.75) is 13.8 Å². The lowest BCUT2D eigenvalue weighted by Crippen LogP contribution is -2.08.